The molecule has 0 N–H and O–H groups in total. The molecule has 0 saturated carbocycles. The Balaban J connectivity index is 3.05. The molecule has 0 heterocycles. The fraction of sp³-hybridized carbons (Fsp3) is 0.500. The lowest BCUT2D eigenvalue weighted by atomic mass is 10.1. The van der Waals surface area contributed by atoms with Gasteiger partial charge in [-0.25, -0.2) is 4.79 Å². The second-order valence-corrected chi connectivity index (χ2v) is 4.36. The van der Waals surface area contributed by atoms with E-state index in [1.807, 2.05) is 6.92 Å². The predicted molar refractivity (Wildman–Crippen MR) is 75.6 cm³/mol. The molecule has 1 aromatic rings. The predicted octanol–water partition coefficient (Wildman–Crippen LogP) is 2.71. The number of unbranched alkanes of at least 4 members (excludes halogenated alkanes) is 1. The minimum absolute atomic E-state index is 0.00847. The average molecular weight is 297 g/mol. The number of carbonyl (C=O) groups excluding carboxylic acids is 1. The van der Waals surface area contributed by atoms with Crippen molar-refractivity contribution in [2.75, 3.05) is 14.2 Å². The zero-order valence-corrected chi connectivity index (χ0v) is 12.3. The van der Waals surface area contributed by atoms with Gasteiger partial charge in [0.15, 0.2) is 6.10 Å². The molecule has 0 aliphatic carbocycles. The highest BCUT2D eigenvalue weighted by Crippen LogP contribution is 2.32. The molecule has 0 aliphatic heterocycles. The quantitative estimate of drug-likeness (QED) is 0.416. The van der Waals surface area contributed by atoms with E-state index in [4.69, 9.17) is 9.47 Å². The number of nitrogens with zero attached hydrogens (tertiary/aromatic N) is 1. The summed E-state index contributed by atoms with van der Waals surface area (Å²) in [4.78, 5) is 22.2. The van der Waals surface area contributed by atoms with E-state index in [0.717, 1.165) is 12.8 Å². The van der Waals surface area contributed by atoms with Crippen LogP contribution in [0.1, 0.15) is 26.2 Å². The van der Waals surface area contributed by atoms with Gasteiger partial charge in [0, 0.05) is 12.1 Å². The van der Waals surface area contributed by atoms with Crippen LogP contribution in [0.3, 0.4) is 0 Å². The van der Waals surface area contributed by atoms with Gasteiger partial charge in [0.2, 0.25) is 5.75 Å². The number of esters is 1. The SMILES string of the molecule is CCCCC(Oc1cc(OC)ccc1[N+](=O)[O-])C(=O)OC. The van der Waals surface area contributed by atoms with Crippen molar-refractivity contribution in [1.29, 1.82) is 0 Å². The van der Waals surface area contributed by atoms with E-state index in [0.29, 0.717) is 12.2 Å². The van der Waals surface area contributed by atoms with Gasteiger partial charge in [-0.2, -0.15) is 0 Å². The maximum Gasteiger partial charge on any atom is 0.347 e. The van der Waals surface area contributed by atoms with Gasteiger partial charge in [-0.15, -0.1) is 0 Å². The van der Waals surface area contributed by atoms with Gasteiger partial charge in [-0.3, -0.25) is 10.1 Å². The monoisotopic (exact) mass is 297 g/mol. The van der Waals surface area contributed by atoms with E-state index in [-0.39, 0.29) is 11.4 Å². The van der Waals surface area contributed by atoms with Crippen molar-refractivity contribution in [2.24, 2.45) is 0 Å². The molecule has 1 unspecified atom stereocenters. The maximum atomic E-state index is 11.7. The van der Waals surface area contributed by atoms with Crippen molar-refractivity contribution in [3.8, 4) is 11.5 Å². The van der Waals surface area contributed by atoms with Crippen LogP contribution in [-0.2, 0) is 9.53 Å². The van der Waals surface area contributed by atoms with E-state index in [9.17, 15) is 14.9 Å². The molecule has 21 heavy (non-hydrogen) atoms. The summed E-state index contributed by atoms with van der Waals surface area (Å²) in [5.74, 6) is -0.152. The second kappa shape index (κ2) is 8.08. The summed E-state index contributed by atoms with van der Waals surface area (Å²) in [6.45, 7) is 1.97. The van der Waals surface area contributed by atoms with Crippen molar-refractivity contribution in [1.82, 2.24) is 0 Å². The minimum atomic E-state index is -0.874. The first-order chi connectivity index (χ1) is 10.0. The van der Waals surface area contributed by atoms with Gasteiger partial charge < -0.3 is 14.2 Å². The van der Waals surface area contributed by atoms with Crippen LogP contribution in [0.15, 0.2) is 18.2 Å². The van der Waals surface area contributed by atoms with Crippen LogP contribution in [0, 0.1) is 10.1 Å². The number of carbonyl (C=O) groups is 1. The van der Waals surface area contributed by atoms with Crippen molar-refractivity contribution >= 4 is 11.7 Å². The van der Waals surface area contributed by atoms with E-state index in [2.05, 4.69) is 4.74 Å². The van der Waals surface area contributed by atoms with Crippen molar-refractivity contribution in [3.05, 3.63) is 28.3 Å². The molecule has 0 radical (unpaired) electrons. The first kappa shape index (κ1) is 16.7. The Morgan fingerprint density at radius 1 is 1.38 bits per heavy atom. The average Bonchev–Trinajstić information content (AvgIpc) is 2.49. The number of nitro groups is 1. The fourth-order valence-electron chi connectivity index (χ4n) is 1.77. The smallest absolute Gasteiger partial charge is 0.347 e. The van der Waals surface area contributed by atoms with Crippen molar-refractivity contribution in [3.63, 3.8) is 0 Å². The Kier molecular flexibility index (Phi) is 6.45. The lowest BCUT2D eigenvalue weighted by Crippen LogP contribution is -2.28. The number of benzene rings is 1. The van der Waals surface area contributed by atoms with E-state index in [1.54, 1.807) is 0 Å². The molecule has 1 aromatic carbocycles. The van der Waals surface area contributed by atoms with Gasteiger partial charge in [0.05, 0.1) is 19.1 Å². The maximum absolute atomic E-state index is 11.7. The third-order valence-corrected chi connectivity index (χ3v) is 2.92. The van der Waals surface area contributed by atoms with Gasteiger partial charge in [-0.05, 0) is 18.9 Å². The lowest BCUT2D eigenvalue weighted by molar-refractivity contribution is -0.386. The zero-order chi connectivity index (χ0) is 15.8. The summed E-state index contributed by atoms with van der Waals surface area (Å²) in [6.07, 6.45) is 1.17. The van der Waals surface area contributed by atoms with Crippen LogP contribution in [-0.4, -0.2) is 31.2 Å². The topological polar surface area (TPSA) is 87.9 Å². The van der Waals surface area contributed by atoms with E-state index in [1.165, 1.54) is 32.4 Å². The molecule has 0 bridgehead atoms. The molecule has 7 nitrogen and oxygen atoms in total. The summed E-state index contributed by atoms with van der Waals surface area (Å²) in [5, 5.41) is 11.0. The third kappa shape index (κ3) is 4.62. The van der Waals surface area contributed by atoms with Gasteiger partial charge in [0.1, 0.15) is 5.75 Å². The molecule has 0 amide bonds. The second-order valence-electron chi connectivity index (χ2n) is 4.36. The summed E-state index contributed by atoms with van der Waals surface area (Å²) in [5.41, 5.74) is -0.221. The standard InChI is InChI=1S/C14H19NO6/c1-4-5-6-12(14(16)20-3)21-13-9-10(19-2)7-8-11(13)15(17)18/h7-9,12H,4-6H2,1-3H3. The van der Waals surface area contributed by atoms with Crippen LogP contribution in [0.25, 0.3) is 0 Å². The Morgan fingerprint density at radius 3 is 2.62 bits per heavy atom. The Hall–Kier alpha value is -2.31. The molecule has 0 aromatic heterocycles. The van der Waals surface area contributed by atoms with Crippen LogP contribution >= 0.6 is 0 Å². The first-order valence-electron chi connectivity index (χ1n) is 6.60. The minimum Gasteiger partial charge on any atom is -0.497 e. The van der Waals surface area contributed by atoms with E-state index >= 15 is 0 Å². The number of rotatable bonds is 8. The van der Waals surface area contributed by atoms with Gasteiger partial charge in [-0.1, -0.05) is 13.3 Å². The molecule has 0 saturated heterocycles. The summed E-state index contributed by atoms with van der Waals surface area (Å²) in [7, 11) is 2.70. The first-order valence-corrected chi connectivity index (χ1v) is 6.60. The molecule has 116 valence electrons. The highest BCUT2D eigenvalue weighted by Gasteiger charge is 2.25. The summed E-state index contributed by atoms with van der Waals surface area (Å²) in [6, 6.07) is 4.13. The van der Waals surface area contributed by atoms with Crippen LogP contribution < -0.4 is 9.47 Å². The molecule has 0 spiro atoms. The van der Waals surface area contributed by atoms with Crippen molar-refractivity contribution < 1.29 is 23.9 Å². The third-order valence-electron chi connectivity index (χ3n) is 2.92. The number of hydrogen-bond acceptors (Lipinski definition) is 6. The molecular formula is C14H19NO6. The van der Waals surface area contributed by atoms with Gasteiger partial charge >= 0.3 is 11.7 Å². The number of ether oxygens (including phenoxy) is 3. The molecule has 1 rings (SSSR count). The zero-order valence-electron chi connectivity index (χ0n) is 12.3. The van der Waals surface area contributed by atoms with Gasteiger partial charge in [0.25, 0.3) is 0 Å². The largest absolute Gasteiger partial charge is 0.497 e. The van der Waals surface area contributed by atoms with Crippen LogP contribution in [0.2, 0.25) is 0 Å². The number of methoxy groups -OCH3 is 2. The molecule has 0 fully saturated rings. The summed E-state index contributed by atoms with van der Waals surface area (Å²) >= 11 is 0. The number of nitro benzene ring substituents is 1. The molecule has 1 atom stereocenters. The molecular weight excluding hydrogens is 278 g/mol. The number of hydrogen-bond donors (Lipinski definition) is 0. The lowest BCUT2D eigenvalue weighted by Gasteiger charge is -2.17. The summed E-state index contributed by atoms with van der Waals surface area (Å²) < 4.78 is 15.2. The normalized spacial score (nSPS) is 11.6. The molecule has 0 aliphatic rings. The Labute approximate surface area is 123 Å². The Morgan fingerprint density at radius 2 is 2.10 bits per heavy atom. The van der Waals surface area contributed by atoms with Crippen LogP contribution in [0.4, 0.5) is 5.69 Å². The van der Waals surface area contributed by atoms with Crippen LogP contribution in [0.5, 0.6) is 11.5 Å². The molecule has 7 heteroatoms. The highest BCUT2D eigenvalue weighted by atomic mass is 16.6. The van der Waals surface area contributed by atoms with E-state index < -0.39 is 17.0 Å². The van der Waals surface area contributed by atoms with Crippen molar-refractivity contribution in [2.45, 2.75) is 32.3 Å². The Bertz CT molecular complexity index is 502. The highest BCUT2D eigenvalue weighted by molar-refractivity contribution is 5.75. The fourth-order valence-corrected chi connectivity index (χ4v) is 1.77.